The van der Waals surface area contributed by atoms with E-state index in [4.69, 9.17) is 5.84 Å². The molecule has 0 aliphatic heterocycles. The lowest BCUT2D eigenvalue weighted by Crippen LogP contribution is -2.30. The van der Waals surface area contributed by atoms with Gasteiger partial charge in [-0.3, -0.25) is 10.2 Å². The molecule has 1 fully saturated rings. The Hall–Kier alpha value is -0.570. The Labute approximate surface area is 60.9 Å². The fourth-order valence-electron chi connectivity index (χ4n) is 1.47. The van der Waals surface area contributed by atoms with Crippen molar-refractivity contribution in [2.75, 3.05) is 0 Å². The summed E-state index contributed by atoms with van der Waals surface area (Å²) in [5, 5.41) is 0. The van der Waals surface area contributed by atoms with E-state index in [0.29, 0.717) is 0 Å². The molecule has 3 nitrogen and oxygen atoms in total. The molecule has 0 heterocycles. The minimum absolute atomic E-state index is 0.0975. The molecule has 1 rings (SSSR count). The van der Waals surface area contributed by atoms with Gasteiger partial charge in [-0.05, 0) is 12.8 Å². The van der Waals surface area contributed by atoms with Crippen molar-refractivity contribution in [2.45, 2.75) is 32.1 Å². The van der Waals surface area contributed by atoms with Crippen LogP contribution in [-0.2, 0) is 4.79 Å². The molecule has 1 aliphatic rings. The van der Waals surface area contributed by atoms with Crippen LogP contribution in [-0.4, -0.2) is 5.91 Å². The SMILES string of the molecule is [NH]NC(=O)C1CCCCC1. The summed E-state index contributed by atoms with van der Waals surface area (Å²) in [6.07, 6.45) is 5.51. The van der Waals surface area contributed by atoms with E-state index in [1.54, 1.807) is 0 Å². The highest BCUT2D eigenvalue weighted by molar-refractivity contribution is 5.77. The van der Waals surface area contributed by atoms with Crippen molar-refractivity contribution >= 4 is 5.91 Å². The Balaban J connectivity index is 2.31. The van der Waals surface area contributed by atoms with Crippen molar-refractivity contribution < 1.29 is 4.79 Å². The minimum atomic E-state index is -0.0975. The van der Waals surface area contributed by atoms with Crippen molar-refractivity contribution in [3.63, 3.8) is 0 Å². The third-order valence-electron chi connectivity index (χ3n) is 2.10. The Bertz CT molecular complexity index is 119. The first-order valence-corrected chi connectivity index (χ1v) is 3.81. The first-order chi connectivity index (χ1) is 4.84. The van der Waals surface area contributed by atoms with Gasteiger partial charge in [-0.25, -0.2) is 0 Å². The van der Waals surface area contributed by atoms with E-state index in [9.17, 15) is 4.79 Å². The second-order valence-electron chi connectivity index (χ2n) is 2.82. The maximum absolute atomic E-state index is 10.9. The van der Waals surface area contributed by atoms with Crippen molar-refractivity contribution in [3.05, 3.63) is 0 Å². The summed E-state index contributed by atoms with van der Waals surface area (Å²) < 4.78 is 0. The molecule has 1 amide bonds. The van der Waals surface area contributed by atoms with E-state index in [1.807, 2.05) is 5.43 Å². The van der Waals surface area contributed by atoms with Crippen LogP contribution >= 0.6 is 0 Å². The zero-order valence-electron chi connectivity index (χ0n) is 6.02. The smallest absolute Gasteiger partial charge is 0.238 e. The van der Waals surface area contributed by atoms with Crippen LogP contribution in [0.2, 0.25) is 0 Å². The lowest BCUT2D eigenvalue weighted by atomic mass is 9.89. The summed E-state index contributed by atoms with van der Waals surface area (Å²) in [5.41, 5.74) is 1.95. The summed E-state index contributed by atoms with van der Waals surface area (Å²) in [6.45, 7) is 0. The third kappa shape index (κ3) is 1.70. The van der Waals surface area contributed by atoms with Gasteiger partial charge in [0.15, 0.2) is 0 Å². The predicted octanol–water partition coefficient (Wildman–Crippen LogP) is 0.881. The molecule has 0 spiro atoms. The molecule has 0 aromatic rings. The van der Waals surface area contributed by atoms with Gasteiger partial charge in [-0.2, -0.15) is 5.84 Å². The molecular weight excluding hydrogens is 128 g/mol. The number of rotatable bonds is 1. The summed E-state index contributed by atoms with van der Waals surface area (Å²) >= 11 is 0. The van der Waals surface area contributed by atoms with Crippen molar-refractivity contribution in [1.82, 2.24) is 11.3 Å². The summed E-state index contributed by atoms with van der Waals surface area (Å²) in [5.74, 6) is 6.68. The van der Waals surface area contributed by atoms with Crippen LogP contribution in [0.1, 0.15) is 32.1 Å². The molecule has 0 atom stereocenters. The zero-order chi connectivity index (χ0) is 7.40. The fourth-order valence-corrected chi connectivity index (χ4v) is 1.47. The maximum atomic E-state index is 10.9. The second kappa shape index (κ2) is 3.56. The standard InChI is InChI=1S/C7H13N2O/c8-9-7(10)6-4-2-1-3-5-6/h6,8H,1-5H2,(H,9,10). The molecule has 0 aromatic carbocycles. The Morgan fingerprint density at radius 2 is 1.90 bits per heavy atom. The molecule has 2 N–H and O–H groups in total. The van der Waals surface area contributed by atoms with Crippen LogP contribution in [0.15, 0.2) is 0 Å². The lowest BCUT2D eigenvalue weighted by molar-refractivity contribution is -0.126. The zero-order valence-corrected chi connectivity index (χ0v) is 6.02. The first-order valence-electron chi connectivity index (χ1n) is 3.81. The Morgan fingerprint density at radius 3 is 2.40 bits per heavy atom. The van der Waals surface area contributed by atoms with Crippen molar-refractivity contribution in [1.29, 1.82) is 0 Å². The number of nitrogens with one attached hydrogen (secondary N) is 2. The van der Waals surface area contributed by atoms with E-state index in [2.05, 4.69) is 0 Å². The second-order valence-corrected chi connectivity index (χ2v) is 2.82. The number of carbonyl (C=O) groups is 1. The van der Waals surface area contributed by atoms with Crippen LogP contribution < -0.4 is 11.3 Å². The monoisotopic (exact) mass is 141 g/mol. The van der Waals surface area contributed by atoms with E-state index in [0.717, 1.165) is 25.7 Å². The number of carbonyl (C=O) groups excluding carboxylic acids is 1. The molecule has 1 aliphatic carbocycles. The van der Waals surface area contributed by atoms with Crippen molar-refractivity contribution in [2.24, 2.45) is 5.92 Å². The van der Waals surface area contributed by atoms with Crippen LogP contribution in [0.25, 0.3) is 0 Å². The van der Waals surface area contributed by atoms with Gasteiger partial charge in [-0.15, -0.1) is 0 Å². The number of hydrogen-bond acceptors (Lipinski definition) is 1. The molecule has 3 heteroatoms. The predicted molar refractivity (Wildman–Crippen MR) is 37.8 cm³/mol. The molecular formula is C7H13N2O. The van der Waals surface area contributed by atoms with Crippen LogP contribution in [0.3, 0.4) is 0 Å². The minimum Gasteiger partial charge on any atom is -0.276 e. The van der Waals surface area contributed by atoms with Crippen LogP contribution in [0, 0.1) is 5.92 Å². The Morgan fingerprint density at radius 1 is 1.30 bits per heavy atom. The highest BCUT2D eigenvalue weighted by Gasteiger charge is 2.19. The van der Waals surface area contributed by atoms with E-state index in [1.165, 1.54) is 6.42 Å². The maximum Gasteiger partial charge on any atom is 0.238 e. The third-order valence-corrected chi connectivity index (χ3v) is 2.10. The van der Waals surface area contributed by atoms with Crippen LogP contribution in [0.5, 0.6) is 0 Å². The molecule has 10 heavy (non-hydrogen) atoms. The summed E-state index contributed by atoms with van der Waals surface area (Å²) in [7, 11) is 0. The van der Waals surface area contributed by atoms with Gasteiger partial charge in [0.2, 0.25) is 5.91 Å². The molecule has 0 bridgehead atoms. The summed E-state index contributed by atoms with van der Waals surface area (Å²) in [6, 6.07) is 0. The van der Waals surface area contributed by atoms with Gasteiger partial charge >= 0.3 is 0 Å². The van der Waals surface area contributed by atoms with Gasteiger partial charge < -0.3 is 0 Å². The van der Waals surface area contributed by atoms with Gasteiger partial charge in [0, 0.05) is 5.92 Å². The van der Waals surface area contributed by atoms with E-state index < -0.39 is 0 Å². The topological polar surface area (TPSA) is 52.9 Å². The van der Waals surface area contributed by atoms with Gasteiger partial charge in [0.05, 0.1) is 0 Å². The summed E-state index contributed by atoms with van der Waals surface area (Å²) in [4.78, 5) is 10.9. The highest BCUT2D eigenvalue weighted by atomic mass is 16.2. The molecule has 57 valence electrons. The largest absolute Gasteiger partial charge is 0.276 e. The Kier molecular flexibility index (Phi) is 2.68. The average Bonchev–Trinajstić information content (AvgIpc) is 2.05. The van der Waals surface area contributed by atoms with Crippen molar-refractivity contribution in [3.8, 4) is 0 Å². The molecule has 1 saturated carbocycles. The lowest BCUT2D eigenvalue weighted by Gasteiger charge is -2.18. The average molecular weight is 141 g/mol. The molecule has 1 radical (unpaired) electrons. The normalized spacial score (nSPS) is 20.5. The van der Waals surface area contributed by atoms with E-state index in [-0.39, 0.29) is 11.8 Å². The first kappa shape index (κ1) is 7.54. The highest BCUT2D eigenvalue weighted by Crippen LogP contribution is 2.23. The van der Waals surface area contributed by atoms with Gasteiger partial charge in [0.25, 0.3) is 0 Å². The molecule has 0 saturated heterocycles. The number of amides is 1. The molecule has 0 aromatic heterocycles. The van der Waals surface area contributed by atoms with Crippen LogP contribution in [0.4, 0.5) is 0 Å². The van der Waals surface area contributed by atoms with Gasteiger partial charge in [-0.1, -0.05) is 19.3 Å². The quantitative estimate of drug-likeness (QED) is 0.541. The van der Waals surface area contributed by atoms with Gasteiger partial charge in [0.1, 0.15) is 0 Å². The number of hydrogen-bond donors (Lipinski definition) is 1. The molecule has 0 unspecified atom stereocenters. The van der Waals surface area contributed by atoms with E-state index >= 15 is 0 Å². The fraction of sp³-hybridized carbons (Fsp3) is 0.857.